The highest BCUT2D eigenvalue weighted by Gasteiger charge is 2.19. The normalized spacial score (nSPS) is 11.0. The van der Waals surface area contributed by atoms with Gasteiger partial charge in [-0.05, 0) is 30.3 Å². The molecule has 1 N–H and O–H groups in total. The van der Waals surface area contributed by atoms with Crippen molar-refractivity contribution in [1.29, 1.82) is 5.26 Å². The van der Waals surface area contributed by atoms with Gasteiger partial charge in [0.25, 0.3) is 5.56 Å². The van der Waals surface area contributed by atoms with Crippen molar-refractivity contribution in [2.45, 2.75) is 0 Å². The summed E-state index contributed by atoms with van der Waals surface area (Å²) in [4.78, 5) is 17.1. The number of rotatable bonds is 1. The number of H-pyrrole nitrogens is 1. The van der Waals surface area contributed by atoms with Crippen molar-refractivity contribution in [3.8, 4) is 17.3 Å². The maximum atomic E-state index is 12.7. The van der Waals surface area contributed by atoms with Gasteiger partial charge in [0.05, 0.1) is 21.6 Å². The highest BCUT2D eigenvalue weighted by atomic mass is 35.5. The fourth-order valence-corrected chi connectivity index (χ4v) is 3.18. The molecule has 4 aromatic rings. The number of nitriles is 1. The first-order chi connectivity index (χ1) is 11.6. The quantitative estimate of drug-likeness (QED) is 0.560. The van der Waals surface area contributed by atoms with Gasteiger partial charge in [0, 0.05) is 10.6 Å². The Bertz CT molecular complexity index is 1220. The van der Waals surface area contributed by atoms with E-state index in [1.54, 1.807) is 42.5 Å². The molecule has 0 unspecified atom stereocenters. The number of hydrogen-bond acceptors (Lipinski definition) is 3. The summed E-state index contributed by atoms with van der Waals surface area (Å²) in [5.41, 5.74) is 1.78. The van der Waals surface area contributed by atoms with Gasteiger partial charge in [-0.3, -0.25) is 9.89 Å². The topological polar surface area (TPSA) is 73.9 Å². The lowest BCUT2D eigenvalue weighted by Gasteiger charge is -2.02. The number of halogens is 2. The number of benzene rings is 2. The molecule has 0 fully saturated rings. The summed E-state index contributed by atoms with van der Waals surface area (Å²) in [5.74, 6) is 0. The van der Waals surface area contributed by atoms with Gasteiger partial charge in [-0.25, -0.2) is 4.98 Å². The molecular formula is C17H8Cl2N4O. The molecule has 0 aliphatic carbocycles. The molecule has 5 nitrogen and oxygen atoms in total. The first-order valence-corrected chi connectivity index (χ1v) is 7.75. The van der Waals surface area contributed by atoms with Crippen LogP contribution in [-0.2, 0) is 0 Å². The van der Waals surface area contributed by atoms with Crippen LogP contribution in [0.4, 0.5) is 0 Å². The summed E-state index contributed by atoms with van der Waals surface area (Å²) < 4.78 is 1.27. The SMILES string of the molecule is N#Cc1c(-c2ccc(Cl)cc2Cl)[nH]n2c(=O)c3ccccc3nc12. The van der Waals surface area contributed by atoms with Crippen LogP contribution in [0.15, 0.2) is 47.3 Å². The van der Waals surface area contributed by atoms with E-state index in [1.165, 1.54) is 4.52 Å². The van der Waals surface area contributed by atoms with Crippen LogP contribution in [0.1, 0.15) is 5.56 Å². The number of aromatic nitrogens is 3. The molecule has 0 spiro atoms. The first kappa shape index (κ1) is 14.8. The molecule has 116 valence electrons. The Morgan fingerprint density at radius 3 is 2.71 bits per heavy atom. The van der Waals surface area contributed by atoms with Gasteiger partial charge >= 0.3 is 0 Å². The van der Waals surface area contributed by atoms with Crippen LogP contribution < -0.4 is 5.56 Å². The van der Waals surface area contributed by atoms with E-state index in [0.29, 0.717) is 32.2 Å². The second kappa shape index (κ2) is 5.38. The minimum Gasteiger partial charge on any atom is -0.287 e. The molecule has 0 aliphatic heterocycles. The fraction of sp³-hybridized carbons (Fsp3) is 0. The van der Waals surface area contributed by atoms with E-state index in [9.17, 15) is 10.1 Å². The van der Waals surface area contributed by atoms with Crippen LogP contribution in [0.25, 0.3) is 27.8 Å². The Labute approximate surface area is 145 Å². The van der Waals surface area contributed by atoms with Gasteiger partial charge in [0.2, 0.25) is 0 Å². The first-order valence-electron chi connectivity index (χ1n) is 6.99. The summed E-state index contributed by atoms with van der Waals surface area (Å²) in [6.45, 7) is 0. The molecule has 2 heterocycles. The zero-order valence-corrected chi connectivity index (χ0v) is 13.6. The maximum Gasteiger partial charge on any atom is 0.280 e. The molecule has 0 radical (unpaired) electrons. The van der Waals surface area contributed by atoms with Crippen LogP contribution in [0, 0.1) is 11.3 Å². The van der Waals surface area contributed by atoms with Crippen LogP contribution in [-0.4, -0.2) is 14.6 Å². The molecule has 0 saturated heterocycles. The molecule has 0 aliphatic rings. The van der Waals surface area contributed by atoms with Crippen LogP contribution in [0.5, 0.6) is 0 Å². The number of hydrogen-bond donors (Lipinski definition) is 1. The second-order valence-electron chi connectivity index (χ2n) is 5.19. The third-order valence-corrected chi connectivity index (χ3v) is 4.33. The Morgan fingerprint density at radius 1 is 1.17 bits per heavy atom. The zero-order valence-electron chi connectivity index (χ0n) is 12.0. The third-order valence-electron chi connectivity index (χ3n) is 3.79. The lowest BCUT2D eigenvalue weighted by Crippen LogP contribution is -2.15. The summed E-state index contributed by atoms with van der Waals surface area (Å²) in [6, 6.07) is 14.0. The minimum absolute atomic E-state index is 0.252. The predicted octanol–water partition coefficient (Wildman–Crippen LogP) is 4.02. The molecule has 0 atom stereocenters. The molecule has 7 heteroatoms. The highest BCUT2D eigenvalue weighted by molar-refractivity contribution is 6.36. The summed E-state index contributed by atoms with van der Waals surface area (Å²) >= 11 is 12.2. The molecule has 24 heavy (non-hydrogen) atoms. The van der Waals surface area contributed by atoms with Gasteiger partial charge < -0.3 is 0 Å². The van der Waals surface area contributed by atoms with Crippen LogP contribution in [0.3, 0.4) is 0 Å². The lowest BCUT2D eigenvalue weighted by molar-refractivity contribution is 0.919. The van der Waals surface area contributed by atoms with Gasteiger partial charge in [-0.2, -0.15) is 9.78 Å². The smallest absolute Gasteiger partial charge is 0.280 e. The van der Waals surface area contributed by atoms with Gasteiger partial charge in [-0.1, -0.05) is 35.3 Å². The lowest BCUT2D eigenvalue weighted by atomic mass is 10.1. The average Bonchev–Trinajstić information content (AvgIpc) is 2.93. The van der Waals surface area contributed by atoms with Crippen LogP contribution in [0.2, 0.25) is 10.0 Å². The maximum absolute atomic E-state index is 12.7. The van der Waals surface area contributed by atoms with Crippen molar-refractivity contribution in [2.24, 2.45) is 0 Å². The number of aromatic amines is 1. The number of nitrogens with zero attached hydrogens (tertiary/aromatic N) is 3. The zero-order chi connectivity index (χ0) is 16.8. The largest absolute Gasteiger partial charge is 0.287 e. The van der Waals surface area contributed by atoms with E-state index in [2.05, 4.69) is 16.2 Å². The van der Waals surface area contributed by atoms with E-state index in [-0.39, 0.29) is 16.8 Å². The Balaban J connectivity index is 2.15. The molecular weight excluding hydrogens is 347 g/mol. The minimum atomic E-state index is -0.275. The molecule has 2 aromatic carbocycles. The van der Waals surface area contributed by atoms with Crippen molar-refractivity contribution in [3.05, 3.63) is 68.4 Å². The third kappa shape index (κ3) is 2.08. The van der Waals surface area contributed by atoms with Crippen molar-refractivity contribution in [1.82, 2.24) is 14.6 Å². The number of nitrogens with one attached hydrogen (secondary N) is 1. The van der Waals surface area contributed by atoms with E-state index in [4.69, 9.17) is 23.2 Å². The van der Waals surface area contributed by atoms with Crippen molar-refractivity contribution in [3.63, 3.8) is 0 Å². The molecule has 0 amide bonds. The van der Waals surface area contributed by atoms with Gasteiger partial charge in [0.1, 0.15) is 11.6 Å². The average molecular weight is 355 g/mol. The molecule has 4 rings (SSSR count). The van der Waals surface area contributed by atoms with Gasteiger partial charge in [0.15, 0.2) is 5.65 Å². The van der Waals surface area contributed by atoms with Crippen molar-refractivity contribution < 1.29 is 0 Å². The van der Waals surface area contributed by atoms with Crippen LogP contribution >= 0.6 is 23.2 Å². The molecule has 0 bridgehead atoms. The predicted molar refractivity (Wildman–Crippen MR) is 93.5 cm³/mol. The Hall–Kier alpha value is -2.81. The summed E-state index contributed by atoms with van der Waals surface area (Å²) in [6.07, 6.45) is 0. The Morgan fingerprint density at radius 2 is 1.96 bits per heavy atom. The van der Waals surface area contributed by atoms with Crippen molar-refractivity contribution >= 4 is 39.8 Å². The second-order valence-corrected chi connectivity index (χ2v) is 6.03. The monoisotopic (exact) mass is 354 g/mol. The summed E-state index contributed by atoms with van der Waals surface area (Å²) in [5, 5.41) is 13.9. The molecule has 2 aromatic heterocycles. The fourth-order valence-electron chi connectivity index (χ4n) is 2.68. The Kier molecular flexibility index (Phi) is 3.31. The van der Waals surface area contributed by atoms with Crippen molar-refractivity contribution in [2.75, 3.05) is 0 Å². The van der Waals surface area contributed by atoms with E-state index in [0.717, 1.165) is 0 Å². The highest BCUT2D eigenvalue weighted by Crippen LogP contribution is 2.32. The standard InChI is InChI=1S/C17H8Cl2N4O/c18-9-5-6-10(13(19)7-9)15-12(8-20)16-21-14-4-2-1-3-11(14)17(24)23(16)22-15/h1-7,22H. The summed E-state index contributed by atoms with van der Waals surface area (Å²) in [7, 11) is 0. The van der Waals surface area contributed by atoms with Gasteiger partial charge in [-0.15, -0.1) is 0 Å². The van der Waals surface area contributed by atoms with E-state index < -0.39 is 0 Å². The van der Waals surface area contributed by atoms with E-state index in [1.807, 2.05) is 0 Å². The molecule has 0 saturated carbocycles. The van der Waals surface area contributed by atoms with E-state index >= 15 is 0 Å². The number of para-hydroxylation sites is 1. The number of fused-ring (bicyclic) bond motifs is 2.